The van der Waals surface area contributed by atoms with Crippen molar-refractivity contribution in [3.05, 3.63) is 47.0 Å². The Morgan fingerprint density at radius 1 is 1.13 bits per heavy atom. The van der Waals surface area contributed by atoms with Crippen molar-refractivity contribution in [2.75, 3.05) is 25.2 Å². The van der Waals surface area contributed by atoms with Crippen LogP contribution in [-0.4, -0.2) is 39.2 Å². The largest absolute Gasteiger partial charge is 0.494 e. The number of fused-ring (bicyclic) bond motifs is 1. The van der Waals surface area contributed by atoms with Gasteiger partial charge in [0.15, 0.2) is 0 Å². The number of ether oxygens (including phenoxy) is 3. The Morgan fingerprint density at radius 2 is 1.80 bits per heavy atom. The molecule has 0 radical (unpaired) electrons. The summed E-state index contributed by atoms with van der Waals surface area (Å²) in [7, 11) is -2.96. The van der Waals surface area contributed by atoms with Gasteiger partial charge in [-0.05, 0) is 69.9 Å². The third-order valence-corrected chi connectivity index (χ3v) is 6.00. The molecule has 164 valence electrons. The van der Waals surface area contributed by atoms with E-state index in [1.165, 1.54) is 6.26 Å². The number of para-hydroxylation sites is 1. The summed E-state index contributed by atoms with van der Waals surface area (Å²) in [6, 6.07) is 10.2. The van der Waals surface area contributed by atoms with Crippen LogP contribution >= 0.6 is 0 Å². The smallest absolute Gasteiger partial charge is 0.147 e. The van der Waals surface area contributed by atoms with Crippen molar-refractivity contribution in [1.82, 2.24) is 0 Å². The van der Waals surface area contributed by atoms with Crippen LogP contribution in [-0.2, 0) is 14.6 Å². The van der Waals surface area contributed by atoms with Crippen LogP contribution in [0.1, 0.15) is 50.0 Å². The average molecular weight is 433 g/mol. The molecule has 0 saturated carbocycles. The first-order chi connectivity index (χ1) is 13.9. The zero-order valence-corrected chi connectivity index (χ0v) is 19.6. The summed E-state index contributed by atoms with van der Waals surface area (Å²) in [5.74, 6) is 1.78. The molecule has 0 fully saturated rings. The van der Waals surface area contributed by atoms with Gasteiger partial charge in [0.25, 0.3) is 0 Å². The van der Waals surface area contributed by atoms with Gasteiger partial charge in [0.1, 0.15) is 34.0 Å². The number of benzene rings is 2. The Labute approximate surface area is 180 Å². The Hall–Kier alpha value is -2.05. The second-order valence-corrected chi connectivity index (χ2v) is 11.3. The van der Waals surface area contributed by atoms with Gasteiger partial charge in [-0.2, -0.15) is 0 Å². The maximum Gasteiger partial charge on any atom is 0.147 e. The summed E-state index contributed by atoms with van der Waals surface area (Å²) >= 11 is 0. The molecule has 1 atom stereocenters. The van der Waals surface area contributed by atoms with Gasteiger partial charge in [0.2, 0.25) is 0 Å². The summed E-state index contributed by atoms with van der Waals surface area (Å²) in [5.41, 5.74) is 5.21. The molecule has 0 spiro atoms. The van der Waals surface area contributed by atoms with Gasteiger partial charge in [-0.1, -0.05) is 18.2 Å². The maximum atomic E-state index is 11.3. The molecule has 0 bridgehead atoms. The van der Waals surface area contributed by atoms with E-state index in [1.807, 2.05) is 12.1 Å². The second kappa shape index (κ2) is 8.60. The van der Waals surface area contributed by atoms with Gasteiger partial charge >= 0.3 is 0 Å². The van der Waals surface area contributed by atoms with E-state index >= 15 is 0 Å². The number of sulfone groups is 1. The van der Waals surface area contributed by atoms with Crippen LogP contribution < -0.4 is 9.47 Å². The van der Waals surface area contributed by atoms with Crippen LogP contribution in [0.3, 0.4) is 0 Å². The van der Waals surface area contributed by atoms with E-state index in [0.717, 1.165) is 39.3 Å². The molecule has 1 aliphatic heterocycles. The molecule has 0 unspecified atom stereocenters. The van der Waals surface area contributed by atoms with Crippen molar-refractivity contribution >= 4 is 9.84 Å². The summed E-state index contributed by atoms with van der Waals surface area (Å²) in [6.07, 6.45) is 1.65. The quantitative estimate of drug-likeness (QED) is 0.574. The Bertz CT molecular complexity index is 995. The van der Waals surface area contributed by atoms with Crippen molar-refractivity contribution < 1.29 is 22.6 Å². The average Bonchev–Trinajstić information content (AvgIpc) is 2.99. The van der Waals surface area contributed by atoms with Crippen LogP contribution in [0.5, 0.6) is 11.5 Å². The molecule has 1 aliphatic rings. The van der Waals surface area contributed by atoms with Gasteiger partial charge in [0, 0.05) is 17.4 Å². The van der Waals surface area contributed by atoms with Gasteiger partial charge in [-0.15, -0.1) is 0 Å². The van der Waals surface area contributed by atoms with Gasteiger partial charge in [-0.25, -0.2) is 8.42 Å². The highest BCUT2D eigenvalue weighted by Crippen LogP contribution is 2.45. The Balaban J connectivity index is 1.84. The number of aryl methyl sites for hydroxylation is 2. The van der Waals surface area contributed by atoms with E-state index in [-0.39, 0.29) is 17.5 Å². The van der Waals surface area contributed by atoms with Crippen molar-refractivity contribution in [3.8, 4) is 22.6 Å². The molecular weight excluding hydrogens is 400 g/mol. The lowest BCUT2D eigenvalue weighted by Crippen LogP contribution is -2.23. The van der Waals surface area contributed by atoms with Crippen LogP contribution in [0.25, 0.3) is 11.1 Å². The zero-order chi connectivity index (χ0) is 22.1. The molecule has 2 aromatic rings. The van der Waals surface area contributed by atoms with E-state index in [4.69, 9.17) is 14.2 Å². The van der Waals surface area contributed by atoms with Crippen molar-refractivity contribution in [1.29, 1.82) is 0 Å². The first-order valence-corrected chi connectivity index (χ1v) is 12.4. The molecule has 0 aliphatic carbocycles. The van der Waals surface area contributed by atoms with Gasteiger partial charge in [-0.3, -0.25) is 0 Å². The number of rotatable bonds is 7. The standard InChI is InChI=1S/C24H32O5S/c1-16-13-18(27-11-8-12-30(6,25)26)14-17(2)22(16)20-10-7-9-19-21(15-28-23(19)20)29-24(3,4)5/h7,9-10,13-14,21H,8,11-12,15H2,1-6H3/t21-/m1/s1. The molecule has 2 aromatic carbocycles. The first kappa shape index (κ1) is 22.6. The predicted molar refractivity (Wildman–Crippen MR) is 120 cm³/mol. The highest BCUT2D eigenvalue weighted by molar-refractivity contribution is 7.90. The van der Waals surface area contributed by atoms with E-state index in [9.17, 15) is 8.42 Å². The van der Waals surface area contributed by atoms with Crippen LogP contribution in [0.2, 0.25) is 0 Å². The zero-order valence-electron chi connectivity index (χ0n) is 18.7. The van der Waals surface area contributed by atoms with Crippen molar-refractivity contribution in [2.24, 2.45) is 0 Å². The highest BCUT2D eigenvalue weighted by atomic mass is 32.2. The first-order valence-electron chi connectivity index (χ1n) is 10.3. The minimum Gasteiger partial charge on any atom is -0.494 e. The fraction of sp³-hybridized carbons (Fsp3) is 0.500. The Morgan fingerprint density at radius 3 is 2.40 bits per heavy atom. The molecule has 0 N–H and O–H groups in total. The second-order valence-electron chi connectivity index (χ2n) is 9.02. The molecule has 0 saturated heterocycles. The van der Waals surface area contributed by atoms with Gasteiger partial charge in [0.05, 0.1) is 18.0 Å². The Kier molecular flexibility index (Phi) is 6.48. The highest BCUT2D eigenvalue weighted by Gasteiger charge is 2.31. The lowest BCUT2D eigenvalue weighted by atomic mass is 9.93. The molecule has 1 heterocycles. The summed E-state index contributed by atoms with van der Waals surface area (Å²) in [6.45, 7) is 11.2. The fourth-order valence-corrected chi connectivity index (χ4v) is 4.52. The lowest BCUT2D eigenvalue weighted by Gasteiger charge is -2.24. The minimum atomic E-state index is -2.96. The normalized spacial score (nSPS) is 16.3. The molecule has 5 nitrogen and oxygen atoms in total. The predicted octanol–water partition coefficient (Wildman–Crippen LogP) is 5.03. The monoisotopic (exact) mass is 432 g/mol. The lowest BCUT2D eigenvalue weighted by molar-refractivity contribution is -0.0671. The van der Waals surface area contributed by atoms with Gasteiger partial charge < -0.3 is 14.2 Å². The molecule has 6 heteroatoms. The number of hydrogen-bond donors (Lipinski definition) is 0. The summed E-state index contributed by atoms with van der Waals surface area (Å²) < 4.78 is 40.6. The van der Waals surface area contributed by atoms with E-state index < -0.39 is 9.84 Å². The topological polar surface area (TPSA) is 61.8 Å². The minimum absolute atomic E-state index is 0.0713. The molecular formula is C24H32O5S. The molecule has 3 rings (SSSR count). The van der Waals surface area contributed by atoms with E-state index in [1.54, 1.807) is 0 Å². The molecule has 0 aromatic heterocycles. The van der Waals surface area contributed by atoms with Crippen LogP contribution in [0.4, 0.5) is 0 Å². The summed E-state index contributed by atoms with van der Waals surface area (Å²) in [5, 5.41) is 0. The van der Waals surface area contributed by atoms with Crippen molar-refractivity contribution in [3.63, 3.8) is 0 Å². The van der Waals surface area contributed by atoms with Crippen molar-refractivity contribution in [2.45, 2.75) is 52.7 Å². The maximum absolute atomic E-state index is 11.3. The molecule has 30 heavy (non-hydrogen) atoms. The third-order valence-electron chi connectivity index (χ3n) is 4.97. The number of hydrogen-bond acceptors (Lipinski definition) is 5. The SMILES string of the molecule is Cc1cc(OCCCS(C)(=O)=O)cc(C)c1-c1cccc2c1OC[C@H]2OC(C)(C)C. The van der Waals surface area contributed by atoms with Crippen LogP contribution in [0.15, 0.2) is 30.3 Å². The molecule has 0 amide bonds. The van der Waals surface area contributed by atoms with E-state index in [0.29, 0.717) is 19.6 Å². The fourth-order valence-electron chi connectivity index (χ4n) is 3.88. The van der Waals surface area contributed by atoms with E-state index in [2.05, 4.69) is 52.8 Å². The summed E-state index contributed by atoms with van der Waals surface area (Å²) in [4.78, 5) is 0. The van der Waals surface area contributed by atoms with Crippen LogP contribution in [0, 0.1) is 13.8 Å². The third kappa shape index (κ3) is 5.55.